The van der Waals surface area contributed by atoms with Gasteiger partial charge in [-0.3, -0.25) is 0 Å². The van der Waals surface area contributed by atoms with Crippen molar-refractivity contribution in [3.8, 4) is 11.3 Å². The van der Waals surface area contributed by atoms with Gasteiger partial charge in [0.2, 0.25) is 0 Å². The fourth-order valence-electron chi connectivity index (χ4n) is 3.80. The molecule has 1 N–H and O–H groups in total. The van der Waals surface area contributed by atoms with Crippen molar-refractivity contribution in [1.29, 1.82) is 0 Å². The smallest absolute Gasteiger partial charge is 0.133 e. The number of aliphatic imine (C=N–C) groups is 1. The Kier molecular flexibility index (Phi) is 4.64. The van der Waals surface area contributed by atoms with Gasteiger partial charge in [-0.1, -0.05) is 12.1 Å². The molecule has 3 aliphatic rings. The van der Waals surface area contributed by atoms with Gasteiger partial charge in [0.05, 0.1) is 30.9 Å². The fourth-order valence-corrected chi connectivity index (χ4v) is 3.80. The number of hydrogen-bond donors (Lipinski definition) is 1. The first kappa shape index (κ1) is 17.5. The predicted octanol–water partition coefficient (Wildman–Crippen LogP) is 3.51. The van der Waals surface area contributed by atoms with Gasteiger partial charge in [0.1, 0.15) is 5.82 Å². The number of benzene rings is 1. The van der Waals surface area contributed by atoms with E-state index < -0.39 is 0 Å². The van der Waals surface area contributed by atoms with E-state index in [0.717, 1.165) is 68.1 Å². The van der Waals surface area contributed by atoms with E-state index in [2.05, 4.69) is 57.5 Å². The monoisotopic (exact) mass is 377 g/mol. The molecule has 0 atom stereocenters. The summed E-state index contributed by atoms with van der Waals surface area (Å²) in [6.45, 7) is 5.36. The van der Waals surface area contributed by atoms with Crippen LogP contribution >= 0.6 is 0 Å². The molecule has 0 amide bonds. The number of rotatable bonds is 5. The Bertz CT molecular complexity index is 869. The summed E-state index contributed by atoms with van der Waals surface area (Å²) < 4.78 is 5.46. The maximum absolute atomic E-state index is 5.46. The van der Waals surface area contributed by atoms with E-state index in [1.54, 1.807) is 0 Å². The van der Waals surface area contributed by atoms with Gasteiger partial charge < -0.3 is 19.9 Å². The molecule has 28 heavy (non-hydrogen) atoms. The van der Waals surface area contributed by atoms with Crippen LogP contribution in [0.2, 0.25) is 0 Å². The molecule has 1 aromatic heterocycles. The Labute approximate surface area is 166 Å². The molecule has 0 unspecified atom stereocenters. The van der Waals surface area contributed by atoms with E-state index in [1.807, 2.05) is 6.34 Å². The second-order valence-corrected chi connectivity index (χ2v) is 7.98. The Balaban J connectivity index is 1.44. The predicted molar refractivity (Wildman–Crippen MR) is 114 cm³/mol. The topological polar surface area (TPSA) is 53.0 Å². The van der Waals surface area contributed by atoms with E-state index in [9.17, 15) is 0 Å². The molecule has 6 nitrogen and oxygen atoms in total. The summed E-state index contributed by atoms with van der Waals surface area (Å²) in [6, 6.07) is 10.8. The molecule has 0 radical (unpaired) electrons. The highest BCUT2D eigenvalue weighted by Gasteiger charge is 2.23. The van der Waals surface area contributed by atoms with Gasteiger partial charge in [-0.05, 0) is 37.0 Å². The van der Waals surface area contributed by atoms with Crippen LogP contribution in [-0.2, 0) is 11.3 Å². The number of hydrogen-bond acceptors (Lipinski definition) is 6. The second kappa shape index (κ2) is 7.43. The van der Waals surface area contributed by atoms with Gasteiger partial charge in [0, 0.05) is 50.0 Å². The third kappa shape index (κ3) is 3.69. The number of fused-ring (bicyclic) bond motifs is 1. The fraction of sp³-hybridized carbons (Fsp3) is 0.455. The lowest BCUT2D eigenvalue weighted by Gasteiger charge is -2.29. The average molecular weight is 377 g/mol. The molecule has 2 aromatic rings. The van der Waals surface area contributed by atoms with E-state index in [4.69, 9.17) is 9.72 Å². The summed E-state index contributed by atoms with van der Waals surface area (Å²) in [4.78, 5) is 14.1. The molecule has 1 aliphatic carbocycles. The number of nitrogens with zero attached hydrogens (tertiary/aromatic N) is 4. The van der Waals surface area contributed by atoms with E-state index in [1.165, 1.54) is 24.1 Å². The molecule has 146 valence electrons. The van der Waals surface area contributed by atoms with E-state index in [0.29, 0.717) is 0 Å². The van der Waals surface area contributed by atoms with Crippen molar-refractivity contribution in [3.63, 3.8) is 0 Å². The molecule has 2 aliphatic heterocycles. The van der Waals surface area contributed by atoms with Crippen LogP contribution in [0.3, 0.4) is 0 Å². The van der Waals surface area contributed by atoms with Gasteiger partial charge in [-0.15, -0.1) is 0 Å². The number of nitrogens with one attached hydrogen (secondary N) is 1. The first-order valence-electron chi connectivity index (χ1n) is 10.2. The van der Waals surface area contributed by atoms with Gasteiger partial charge in [0.25, 0.3) is 0 Å². The van der Waals surface area contributed by atoms with Gasteiger partial charge in [-0.25, -0.2) is 9.98 Å². The van der Waals surface area contributed by atoms with Crippen molar-refractivity contribution in [2.24, 2.45) is 10.9 Å². The summed E-state index contributed by atoms with van der Waals surface area (Å²) in [5.41, 5.74) is 5.57. The first-order chi connectivity index (χ1) is 13.8. The zero-order valence-corrected chi connectivity index (χ0v) is 16.4. The molecule has 3 heterocycles. The quantitative estimate of drug-likeness (QED) is 0.864. The molecule has 2 fully saturated rings. The largest absolute Gasteiger partial charge is 0.378 e. The zero-order chi connectivity index (χ0) is 18.9. The Morgan fingerprint density at radius 2 is 1.93 bits per heavy atom. The van der Waals surface area contributed by atoms with E-state index >= 15 is 0 Å². The minimum Gasteiger partial charge on any atom is -0.378 e. The van der Waals surface area contributed by atoms with Crippen LogP contribution in [0.5, 0.6) is 0 Å². The summed E-state index contributed by atoms with van der Waals surface area (Å²) in [6.07, 6.45) is 4.56. The summed E-state index contributed by atoms with van der Waals surface area (Å²) in [5, 5.41) is 3.59. The van der Waals surface area contributed by atoms with Crippen LogP contribution in [0.15, 0.2) is 35.3 Å². The second-order valence-electron chi connectivity index (χ2n) is 7.98. The molecule has 6 heteroatoms. The highest BCUT2D eigenvalue weighted by atomic mass is 16.5. The molecular weight excluding hydrogens is 350 g/mol. The molecule has 1 saturated heterocycles. The van der Waals surface area contributed by atoms with Crippen molar-refractivity contribution in [2.75, 3.05) is 50.1 Å². The maximum atomic E-state index is 5.46. The third-order valence-corrected chi connectivity index (χ3v) is 5.70. The number of pyridine rings is 1. The van der Waals surface area contributed by atoms with Crippen molar-refractivity contribution in [2.45, 2.75) is 19.4 Å². The molecule has 5 rings (SSSR count). The minimum atomic E-state index is 0.802. The molecular formula is C22H27N5O. The van der Waals surface area contributed by atoms with Crippen LogP contribution in [0.25, 0.3) is 11.3 Å². The highest BCUT2D eigenvalue weighted by Crippen LogP contribution is 2.35. The van der Waals surface area contributed by atoms with E-state index in [-0.39, 0.29) is 0 Å². The molecule has 0 spiro atoms. The van der Waals surface area contributed by atoms with Crippen LogP contribution in [-0.4, -0.2) is 56.1 Å². The summed E-state index contributed by atoms with van der Waals surface area (Å²) in [5.74, 6) is 1.79. The number of aromatic nitrogens is 1. The Hall–Kier alpha value is -2.60. The zero-order valence-electron chi connectivity index (χ0n) is 16.4. The maximum Gasteiger partial charge on any atom is 0.133 e. The lowest BCUT2D eigenvalue weighted by Crippen LogP contribution is -2.36. The van der Waals surface area contributed by atoms with Crippen molar-refractivity contribution in [3.05, 3.63) is 35.9 Å². The normalized spacial score (nSPS) is 18.9. The number of ether oxygens (including phenoxy) is 1. The SMILES string of the molecule is CN1C=Nc2cc(-c3ccc(N4CCOCC4)cc3)nc(NCC3CC3)c2C1. The van der Waals surface area contributed by atoms with Crippen molar-refractivity contribution in [1.82, 2.24) is 9.88 Å². The Morgan fingerprint density at radius 1 is 1.14 bits per heavy atom. The number of morpholine rings is 1. The molecule has 1 aromatic carbocycles. The average Bonchev–Trinajstić information content (AvgIpc) is 3.57. The highest BCUT2D eigenvalue weighted by molar-refractivity contribution is 5.76. The first-order valence-corrected chi connectivity index (χ1v) is 10.2. The van der Waals surface area contributed by atoms with Crippen molar-refractivity contribution < 1.29 is 4.74 Å². The van der Waals surface area contributed by atoms with Crippen LogP contribution < -0.4 is 10.2 Å². The molecule has 1 saturated carbocycles. The minimum absolute atomic E-state index is 0.802. The lowest BCUT2D eigenvalue weighted by atomic mass is 10.1. The standard InChI is InChI=1S/C22H27N5O/c1-26-14-19-21(24-15-26)12-20(25-22(19)23-13-16-2-3-16)17-4-6-18(7-5-17)27-8-10-28-11-9-27/h4-7,12,15-16H,2-3,8-11,13-14H2,1H3,(H,23,25). The lowest BCUT2D eigenvalue weighted by molar-refractivity contribution is 0.122. The van der Waals surface area contributed by atoms with Crippen LogP contribution in [0.4, 0.5) is 17.2 Å². The van der Waals surface area contributed by atoms with Crippen LogP contribution in [0, 0.1) is 5.92 Å². The van der Waals surface area contributed by atoms with Gasteiger partial charge in [0.15, 0.2) is 0 Å². The Morgan fingerprint density at radius 3 is 2.68 bits per heavy atom. The van der Waals surface area contributed by atoms with Crippen LogP contribution in [0.1, 0.15) is 18.4 Å². The summed E-state index contributed by atoms with van der Waals surface area (Å²) in [7, 11) is 2.05. The molecule has 0 bridgehead atoms. The number of anilines is 2. The van der Waals surface area contributed by atoms with Crippen molar-refractivity contribution >= 4 is 23.5 Å². The van der Waals surface area contributed by atoms with Gasteiger partial charge in [-0.2, -0.15) is 0 Å². The van der Waals surface area contributed by atoms with Gasteiger partial charge >= 0.3 is 0 Å². The third-order valence-electron chi connectivity index (χ3n) is 5.70. The summed E-state index contributed by atoms with van der Waals surface area (Å²) >= 11 is 0.